The Morgan fingerprint density at radius 1 is 1.53 bits per heavy atom. The molecule has 1 saturated carbocycles. The second-order valence-electron chi connectivity index (χ2n) is 5.88. The number of sulfonamides is 1. The predicted octanol–water partition coefficient (Wildman–Crippen LogP) is 1.03. The molecule has 0 spiro atoms. The topological polar surface area (TPSA) is 101 Å². The zero-order valence-electron chi connectivity index (χ0n) is 11.7. The molecule has 108 valence electrons. The number of aromatic amines is 1. The molecule has 0 saturated heterocycles. The van der Waals surface area contributed by atoms with Gasteiger partial charge in [-0.25, -0.2) is 13.1 Å². The van der Waals surface area contributed by atoms with Crippen LogP contribution >= 0.6 is 0 Å². The zero-order valence-corrected chi connectivity index (χ0v) is 12.5. The van der Waals surface area contributed by atoms with Gasteiger partial charge in [-0.05, 0) is 25.2 Å². The van der Waals surface area contributed by atoms with E-state index in [-0.39, 0.29) is 22.9 Å². The largest absolute Gasteiger partial charge is 0.325 e. The Labute approximate surface area is 114 Å². The summed E-state index contributed by atoms with van der Waals surface area (Å²) in [4.78, 5) is 0.206. The van der Waals surface area contributed by atoms with Crippen molar-refractivity contribution in [1.82, 2.24) is 14.9 Å². The number of aromatic nitrogens is 2. The predicted molar refractivity (Wildman–Crippen MR) is 73.0 cm³/mol. The van der Waals surface area contributed by atoms with E-state index in [1.807, 2.05) is 0 Å². The molecule has 1 fully saturated rings. The number of aryl methyl sites for hydroxylation is 1. The molecule has 19 heavy (non-hydrogen) atoms. The van der Waals surface area contributed by atoms with Crippen LogP contribution in [0.15, 0.2) is 4.90 Å². The van der Waals surface area contributed by atoms with E-state index < -0.39 is 10.0 Å². The van der Waals surface area contributed by atoms with Gasteiger partial charge in [0, 0.05) is 12.6 Å². The van der Waals surface area contributed by atoms with Crippen molar-refractivity contribution < 1.29 is 8.42 Å². The minimum atomic E-state index is -3.57. The van der Waals surface area contributed by atoms with Crippen LogP contribution in [-0.2, 0) is 16.6 Å². The Morgan fingerprint density at radius 3 is 2.74 bits per heavy atom. The molecule has 1 unspecified atom stereocenters. The maximum Gasteiger partial charge on any atom is 0.244 e. The fourth-order valence-corrected chi connectivity index (χ4v) is 4.57. The SMILES string of the molecule is Cc1[nH]nc(CN)c1S(=O)(=O)NC1CCCC1(C)C. The minimum Gasteiger partial charge on any atom is -0.325 e. The molecule has 4 N–H and O–H groups in total. The monoisotopic (exact) mass is 286 g/mol. The summed E-state index contributed by atoms with van der Waals surface area (Å²) in [5.74, 6) is 0. The van der Waals surface area contributed by atoms with E-state index in [0.717, 1.165) is 19.3 Å². The molecule has 1 heterocycles. The highest BCUT2D eigenvalue weighted by Crippen LogP contribution is 2.38. The van der Waals surface area contributed by atoms with Gasteiger partial charge < -0.3 is 5.73 Å². The van der Waals surface area contributed by atoms with E-state index in [9.17, 15) is 8.42 Å². The second-order valence-corrected chi connectivity index (χ2v) is 7.53. The molecule has 1 aromatic heterocycles. The van der Waals surface area contributed by atoms with Crippen LogP contribution in [0.1, 0.15) is 44.5 Å². The van der Waals surface area contributed by atoms with Gasteiger partial charge in [0.1, 0.15) is 4.90 Å². The van der Waals surface area contributed by atoms with Crippen LogP contribution in [0.5, 0.6) is 0 Å². The zero-order chi connectivity index (χ0) is 14.3. The molecule has 7 heteroatoms. The summed E-state index contributed by atoms with van der Waals surface area (Å²) in [6, 6.07) is -0.0302. The van der Waals surface area contributed by atoms with Crippen molar-refractivity contribution >= 4 is 10.0 Å². The Morgan fingerprint density at radius 2 is 2.21 bits per heavy atom. The number of nitrogens with two attached hydrogens (primary N) is 1. The lowest BCUT2D eigenvalue weighted by Crippen LogP contribution is -2.41. The van der Waals surface area contributed by atoms with E-state index >= 15 is 0 Å². The first kappa shape index (κ1) is 14.5. The standard InChI is InChI=1S/C12H22N4O2S/c1-8-11(9(7-13)15-14-8)19(17,18)16-10-5-4-6-12(10,2)3/h10,16H,4-7,13H2,1-3H3,(H,14,15). The van der Waals surface area contributed by atoms with Gasteiger partial charge in [-0.2, -0.15) is 5.10 Å². The number of H-pyrrole nitrogens is 1. The van der Waals surface area contributed by atoms with Crippen molar-refractivity contribution in [2.75, 3.05) is 0 Å². The third-order valence-corrected chi connectivity index (χ3v) is 5.65. The first-order valence-corrected chi connectivity index (χ1v) is 8.02. The smallest absolute Gasteiger partial charge is 0.244 e. The van der Waals surface area contributed by atoms with Crippen molar-refractivity contribution in [1.29, 1.82) is 0 Å². The molecule has 0 bridgehead atoms. The lowest BCUT2D eigenvalue weighted by Gasteiger charge is -2.27. The molecule has 1 aromatic rings. The van der Waals surface area contributed by atoms with Gasteiger partial charge in [-0.15, -0.1) is 0 Å². The Hall–Kier alpha value is -0.920. The summed E-state index contributed by atoms with van der Waals surface area (Å²) in [5, 5.41) is 6.63. The lowest BCUT2D eigenvalue weighted by molar-refractivity contribution is 0.313. The molecule has 1 atom stereocenters. The highest BCUT2D eigenvalue weighted by Gasteiger charge is 2.38. The summed E-state index contributed by atoms with van der Waals surface area (Å²) in [7, 11) is -3.57. The number of nitrogens with one attached hydrogen (secondary N) is 2. The fourth-order valence-electron chi connectivity index (χ4n) is 2.76. The molecule has 1 aliphatic carbocycles. The average Bonchev–Trinajstić information content (AvgIpc) is 2.82. The van der Waals surface area contributed by atoms with Crippen LogP contribution in [0, 0.1) is 12.3 Å². The van der Waals surface area contributed by atoms with E-state index in [1.165, 1.54) is 0 Å². The fraction of sp³-hybridized carbons (Fsp3) is 0.750. The molecular formula is C12H22N4O2S. The molecule has 0 amide bonds. The third-order valence-electron chi connectivity index (χ3n) is 3.98. The summed E-state index contributed by atoms with van der Waals surface area (Å²) >= 11 is 0. The summed E-state index contributed by atoms with van der Waals surface area (Å²) in [6.45, 7) is 5.99. The highest BCUT2D eigenvalue weighted by atomic mass is 32.2. The van der Waals surface area contributed by atoms with Crippen LogP contribution in [-0.4, -0.2) is 24.7 Å². The van der Waals surface area contributed by atoms with Crippen molar-refractivity contribution in [2.45, 2.75) is 57.5 Å². The van der Waals surface area contributed by atoms with Crippen LogP contribution in [0.3, 0.4) is 0 Å². The van der Waals surface area contributed by atoms with Gasteiger partial charge >= 0.3 is 0 Å². The second kappa shape index (κ2) is 4.88. The first-order chi connectivity index (χ1) is 8.78. The van der Waals surface area contributed by atoms with Gasteiger partial charge in [0.05, 0.1) is 11.4 Å². The van der Waals surface area contributed by atoms with E-state index in [0.29, 0.717) is 11.4 Å². The van der Waals surface area contributed by atoms with Crippen LogP contribution < -0.4 is 10.5 Å². The number of rotatable bonds is 4. The minimum absolute atomic E-state index is 0.00636. The lowest BCUT2D eigenvalue weighted by atomic mass is 9.88. The summed E-state index contributed by atoms with van der Waals surface area (Å²) in [5.41, 5.74) is 6.46. The Bertz CT molecular complexity index is 562. The van der Waals surface area contributed by atoms with Crippen LogP contribution in [0.25, 0.3) is 0 Å². The molecule has 0 aromatic carbocycles. The molecule has 0 aliphatic heterocycles. The maximum atomic E-state index is 12.5. The van der Waals surface area contributed by atoms with Crippen LogP contribution in [0.2, 0.25) is 0 Å². The van der Waals surface area contributed by atoms with Crippen molar-refractivity contribution in [3.8, 4) is 0 Å². The van der Waals surface area contributed by atoms with Gasteiger partial charge in [-0.3, -0.25) is 5.10 Å². The quantitative estimate of drug-likeness (QED) is 0.769. The summed E-state index contributed by atoms with van der Waals surface area (Å²) in [6.07, 6.45) is 2.96. The van der Waals surface area contributed by atoms with Gasteiger partial charge in [-0.1, -0.05) is 20.3 Å². The van der Waals surface area contributed by atoms with Gasteiger partial charge in [0.15, 0.2) is 0 Å². The Balaban J connectivity index is 2.31. The van der Waals surface area contributed by atoms with E-state index in [4.69, 9.17) is 5.73 Å². The number of nitrogens with zero attached hydrogens (tertiary/aromatic N) is 1. The number of hydrogen-bond donors (Lipinski definition) is 3. The van der Waals surface area contributed by atoms with Gasteiger partial charge in [0.2, 0.25) is 10.0 Å². The Kier molecular flexibility index (Phi) is 3.72. The molecular weight excluding hydrogens is 264 g/mol. The average molecular weight is 286 g/mol. The molecule has 0 radical (unpaired) electrons. The maximum absolute atomic E-state index is 12.5. The van der Waals surface area contributed by atoms with Crippen molar-refractivity contribution in [2.24, 2.45) is 11.1 Å². The number of hydrogen-bond acceptors (Lipinski definition) is 4. The summed E-state index contributed by atoms with van der Waals surface area (Å²) < 4.78 is 27.8. The van der Waals surface area contributed by atoms with Gasteiger partial charge in [0.25, 0.3) is 0 Å². The molecule has 2 rings (SSSR count). The molecule has 1 aliphatic rings. The molecule has 6 nitrogen and oxygen atoms in total. The van der Waals surface area contributed by atoms with E-state index in [1.54, 1.807) is 6.92 Å². The first-order valence-electron chi connectivity index (χ1n) is 6.54. The van der Waals surface area contributed by atoms with E-state index in [2.05, 4.69) is 28.8 Å². The van der Waals surface area contributed by atoms with Crippen molar-refractivity contribution in [3.05, 3.63) is 11.4 Å². The van der Waals surface area contributed by atoms with Crippen molar-refractivity contribution in [3.63, 3.8) is 0 Å². The normalized spacial score (nSPS) is 22.8. The highest BCUT2D eigenvalue weighted by molar-refractivity contribution is 7.89. The third kappa shape index (κ3) is 2.68. The van der Waals surface area contributed by atoms with Crippen LogP contribution in [0.4, 0.5) is 0 Å².